The Morgan fingerprint density at radius 2 is 2.05 bits per heavy atom. The molecule has 0 spiro atoms. The van der Waals surface area contributed by atoms with Gasteiger partial charge in [-0.15, -0.1) is 0 Å². The van der Waals surface area contributed by atoms with E-state index in [0.29, 0.717) is 13.1 Å². The minimum Gasteiger partial charge on any atom is -0.379 e. The summed E-state index contributed by atoms with van der Waals surface area (Å²) in [6, 6.07) is 0.169. The van der Waals surface area contributed by atoms with Gasteiger partial charge in [0, 0.05) is 52.2 Å². The largest absolute Gasteiger partial charge is 0.379 e. The first-order valence-electron chi connectivity index (χ1n) is 7.90. The number of rotatable bonds is 3. The molecule has 0 aromatic carbocycles. The fourth-order valence-electron chi connectivity index (χ4n) is 3.13. The van der Waals surface area contributed by atoms with Crippen LogP contribution in [0.5, 0.6) is 0 Å². The van der Waals surface area contributed by atoms with E-state index in [1.54, 1.807) is 0 Å². The van der Waals surface area contributed by atoms with Crippen molar-refractivity contribution in [3.8, 4) is 0 Å². The summed E-state index contributed by atoms with van der Waals surface area (Å²) >= 11 is 0. The SMILES string of the molecule is CN1CCN(C(=O)CN2CCOCC2)C[C@@H]1c1nccn1C. The lowest BCUT2D eigenvalue weighted by Gasteiger charge is -2.40. The molecule has 0 radical (unpaired) electrons. The molecule has 2 fully saturated rings. The third-order valence-corrected chi connectivity index (χ3v) is 4.62. The second-order valence-electron chi connectivity index (χ2n) is 6.12. The molecule has 7 heteroatoms. The number of ether oxygens (including phenoxy) is 1. The van der Waals surface area contributed by atoms with Crippen LogP contribution in [0.2, 0.25) is 0 Å². The van der Waals surface area contributed by atoms with Crippen molar-refractivity contribution in [1.29, 1.82) is 0 Å². The Balaban J connectivity index is 1.62. The number of carbonyl (C=O) groups excluding carboxylic acids is 1. The highest BCUT2D eigenvalue weighted by atomic mass is 16.5. The smallest absolute Gasteiger partial charge is 0.236 e. The molecule has 3 rings (SSSR count). The number of morpholine rings is 1. The van der Waals surface area contributed by atoms with Gasteiger partial charge in [-0.2, -0.15) is 0 Å². The Hall–Kier alpha value is -1.44. The van der Waals surface area contributed by atoms with E-state index >= 15 is 0 Å². The number of amides is 1. The molecule has 0 bridgehead atoms. The lowest BCUT2D eigenvalue weighted by Crippen LogP contribution is -2.52. The molecule has 7 nitrogen and oxygen atoms in total. The van der Waals surface area contributed by atoms with Crippen LogP contribution in [0.4, 0.5) is 0 Å². The van der Waals surface area contributed by atoms with Gasteiger partial charge < -0.3 is 14.2 Å². The molecule has 2 aliphatic rings. The average molecular weight is 307 g/mol. The Labute approximate surface area is 131 Å². The maximum atomic E-state index is 12.6. The van der Waals surface area contributed by atoms with Crippen molar-refractivity contribution in [2.24, 2.45) is 7.05 Å². The van der Waals surface area contributed by atoms with E-state index in [1.807, 2.05) is 28.9 Å². The quantitative estimate of drug-likeness (QED) is 0.758. The van der Waals surface area contributed by atoms with E-state index < -0.39 is 0 Å². The molecular formula is C15H25N5O2. The van der Waals surface area contributed by atoms with Crippen molar-refractivity contribution in [3.63, 3.8) is 0 Å². The van der Waals surface area contributed by atoms with Gasteiger partial charge in [-0.3, -0.25) is 14.6 Å². The lowest BCUT2D eigenvalue weighted by molar-refractivity contribution is -0.136. The van der Waals surface area contributed by atoms with Crippen LogP contribution in [0.15, 0.2) is 12.4 Å². The minimum atomic E-state index is 0.169. The van der Waals surface area contributed by atoms with Gasteiger partial charge in [0.1, 0.15) is 5.82 Å². The zero-order valence-electron chi connectivity index (χ0n) is 13.4. The molecule has 1 aromatic heterocycles. The van der Waals surface area contributed by atoms with E-state index in [0.717, 1.165) is 45.2 Å². The van der Waals surface area contributed by atoms with Gasteiger partial charge in [0.05, 0.1) is 25.8 Å². The van der Waals surface area contributed by atoms with Crippen LogP contribution in [0.3, 0.4) is 0 Å². The molecule has 3 heterocycles. The fraction of sp³-hybridized carbons (Fsp3) is 0.733. The molecule has 22 heavy (non-hydrogen) atoms. The number of aryl methyl sites for hydroxylation is 1. The molecule has 0 N–H and O–H groups in total. The summed E-state index contributed by atoms with van der Waals surface area (Å²) in [5.74, 6) is 1.24. The Morgan fingerprint density at radius 1 is 1.27 bits per heavy atom. The van der Waals surface area contributed by atoms with Gasteiger partial charge >= 0.3 is 0 Å². The summed E-state index contributed by atoms with van der Waals surface area (Å²) in [6.07, 6.45) is 3.77. The molecule has 122 valence electrons. The van der Waals surface area contributed by atoms with E-state index in [2.05, 4.69) is 21.8 Å². The van der Waals surface area contributed by atoms with Crippen LogP contribution in [0, 0.1) is 0 Å². The topological polar surface area (TPSA) is 53.8 Å². The Kier molecular flexibility index (Phi) is 4.75. The van der Waals surface area contributed by atoms with Crippen molar-refractivity contribution in [3.05, 3.63) is 18.2 Å². The molecule has 1 atom stereocenters. The van der Waals surface area contributed by atoms with Crippen LogP contribution in [-0.2, 0) is 16.6 Å². The third-order valence-electron chi connectivity index (χ3n) is 4.62. The Bertz CT molecular complexity index is 512. The fourth-order valence-corrected chi connectivity index (χ4v) is 3.13. The maximum Gasteiger partial charge on any atom is 0.236 e. The van der Waals surface area contributed by atoms with Crippen LogP contribution in [0.1, 0.15) is 11.9 Å². The predicted octanol–water partition coefficient (Wildman–Crippen LogP) is -0.433. The third kappa shape index (κ3) is 3.31. The van der Waals surface area contributed by atoms with Crippen molar-refractivity contribution >= 4 is 5.91 Å². The van der Waals surface area contributed by atoms with Crippen LogP contribution < -0.4 is 0 Å². The van der Waals surface area contributed by atoms with Crippen molar-refractivity contribution in [1.82, 2.24) is 24.3 Å². The van der Waals surface area contributed by atoms with Gasteiger partial charge in [0.15, 0.2) is 0 Å². The van der Waals surface area contributed by atoms with Gasteiger partial charge in [0.2, 0.25) is 5.91 Å². The number of aromatic nitrogens is 2. The molecule has 2 saturated heterocycles. The van der Waals surface area contributed by atoms with Gasteiger partial charge in [-0.1, -0.05) is 0 Å². The van der Waals surface area contributed by atoms with Gasteiger partial charge in [-0.05, 0) is 7.05 Å². The second kappa shape index (κ2) is 6.76. The number of carbonyl (C=O) groups is 1. The maximum absolute atomic E-state index is 12.6. The standard InChI is InChI=1S/C15H25N5O2/c1-17-5-6-20(11-13(17)15-16-3-4-18(15)2)14(21)12-19-7-9-22-10-8-19/h3-4,13H,5-12H2,1-2H3/t13-/m1/s1. The second-order valence-corrected chi connectivity index (χ2v) is 6.12. The summed E-state index contributed by atoms with van der Waals surface area (Å²) in [7, 11) is 4.10. The first kappa shape index (κ1) is 15.5. The molecule has 1 amide bonds. The molecule has 2 aliphatic heterocycles. The highest BCUT2D eigenvalue weighted by molar-refractivity contribution is 5.78. The first-order chi connectivity index (χ1) is 10.6. The monoisotopic (exact) mass is 307 g/mol. The van der Waals surface area contributed by atoms with Gasteiger partial charge in [0.25, 0.3) is 0 Å². The Morgan fingerprint density at radius 3 is 2.73 bits per heavy atom. The van der Waals surface area contributed by atoms with Crippen molar-refractivity contribution in [2.45, 2.75) is 6.04 Å². The number of likely N-dealkylation sites (N-methyl/N-ethyl adjacent to an activating group) is 1. The lowest BCUT2D eigenvalue weighted by atomic mass is 10.1. The molecular weight excluding hydrogens is 282 g/mol. The van der Waals surface area contributed by atoms with E-state index in [9.17, 15) is 4.79 Å². The van der Waals surface area contributed by atoms with Crippen molar-refractivity contribution in [2.75, 3.05) is 59.5 Å². The summed E-state index contributed by atoms with van der Waals surface area (Å²) in [6.45, 7) is 6.04. The number of hydrogen-bond acceptors (Lipinski definition) is 5. The van der Waals surface area contributed by atoms with Crippen LogP contribution >= 0.6 is 0 Å². The molecule has 1 aromatic rings. The average Bonchev–Trinajstić information content (AvgIpc) is 2.94. The van der Waals surface area contributed by atoms with Crippen molar-refractivity contribution < 1.29 is 9.53 Å². The minimum absolute atomic E-state index is 0.169. The number of hydrogen-bond donors (Lipinski definition) is 0. The molecule has 0 unspecified atom stereocenters. The summed E-state index contributed by atoms with van der Waals surface area (Å²) in [5, 5.41) is 0. The van der Waals surface area contributed by atoms with Crippen LogP contribution in [0.25, 0.3) is 0 Å². The number of imidazole rings is 1. The predicted molar refractivity (Wildman–Crippen MR) is 82.4 cm³/mol. The zero-order valence-corrected chi connectivity index (χ0v) is 13.4. The summed E-state index contributed by atoms with van der Waals surface area (Å²) in [4.78, 5) is 23.5. The number of piperazine rings is 1. The molecule has 0 aliphatic carbocycles. The zero-order chi connectivity index (χ0) is 15.5. The van der Waals surface area contributed by atoms with E-state index in [4.69, 9.17) is 4.74 Å². The summed E-state index contributed by atoms with van der Waals surface area (Å²) in [5.41, 5.74) is 0. The summed E-state index contributed by atoms with van der Waals surface area (Å²) < 4.78 is 7.37. The normalized spacial score (nSPS) is 24.6. The van der Waals surface area contributed by atoms with E-state index in [1.165, 1.54) is 0 Å². The molecule has 0 saturated carbocycles. The van der Waals surface area contributed by atoms with Gasteiger partial charge in [-0.25, -0.2) is 4.98 Å². The number of nitrogens with zero attached hydrogens (tertiary/aromatic N) is 5. The van der Waals surface area contributed by atoms with E-state index in [-0.39, 0.29) is 11.9 Å². The highest BCUT2D eigenvalue weighted by Gasteiger charge is 2.31. The van der Waals surface area contributed by atoms with Crippen LogP contribution in [-0.4, -0.2) is 89.7 Å². The highest BCUT2D eigenvalue weighted by Crippen LogP contribution is 2.22. The first-order valence-corrected chi connectivity index (χ1v) is 7.90.